The second-order valence-corrected chi connectivity index (χ2v) is 10.6. The van der Waals surface area contributed by atoms with Crippen LogP contribution in [0.5, 0.6) is 5.75 Å². The zero-order valence-electron chi connectivity index (χ0n) is 23.8. The number of carbonyl (C=O) groups excluding carboxylic acids is 3. The Hall–Kier alpha value is -4.89. The van der Waals surface area contributed by atoms with E-state index in [4.69, 9.17) is 4.74 Å². The highest BCUT2D eigenvalue weighted by Gasteiger charge is 2.20. The second-order valence-electron chi connectivity index (χ2n) is 9.34. The maximum atomic E-state index is 13.5. The summed E-state index contributed by atoms with van der Waals surface area (Å²) in [5, 5.41) is 8.00. The third kappa shape index (κ3) is 9.05. The molecule has 1 unspecified atom stereocenters. The molecule has 3 N–H and O–H groups in total. The predicted octanol–water partition coefficient (Wildman–Crippen LogP) is 7.14. The molecule has 0 fully saturated rings. The van der Waals surface area contributed by atoms with Gasteiger partial charge in [0, 0.05) is 27.4 Å². The average Bonchev–Trinajstić information content (AvgIpc) is 3.02. The minimum atomic E-state index is -0.529. The molecular formula is C34H32FN3O4S. The first kappa shape index (κ1) is 31.1. The largest absolute Gasteiger partial charge is 0.493 e. The molecule has 43 heavy (non-hydrogen) atoms. The average molecular weight is 598 g/mol. The van der Waals surface area contributed by atoms with E-state index >= 15 is 0 Å². The van der Waals surface area contributed by atoms with Gasteiger partial charge in [0.05, 0.1) is 11.9 Å². The smallest absolute Gasteiger partial charge is 0.272 e. The van der Waals surface area contributed by atoms with Gasteiger partial charge in [0.1, 0.15) is 17.3 Å². The molecule has 3 amide bonds. The van der Waals surface area contributed by atoms with Gasteiger partial charge in [0.25, 0.3) is 11.8 Å². The number of anilines is 2. The first-order chi connectivity index (χ1) is 20.9. The van der Waals surface area contributed by atoms with Crippen LogP contribution in [0.2, 0.25) is 0 Å². The number of carbonyl (C=O) groups is 3. The van der Waals surface area contributed by atoms with Crippen LogP contribution in [0.3, 0.4) is 0 Å². The predicted molar refractivity (Wildman–Crippen MR) is 170 cm³/mol. The van der Waals surface area contributed by atoms with Crippen molar-refractivity contribution >= 4 is 46.9 Å². The maximum Gasteiger partial charge on any atom is 0.272 e. The number of benzene rings is 4. The third-order valence-electron chi connectivity index (χ3n) is 6.19. The molecule has 0 aromatic heterocycles. The summed E-state index contributed by atoms with van der Waals surface area (Å²) in [5.74, 6) is -0.978. The number of thioether (sulfide) groups is 1. The van der Waals surface area contributed by atoms with Crippen LogP contribution in [-0.2, 0) is 9.59 Å². The summed E-state index contributed by atoms with van der Waals surface area (Å²) in [4.78, 5) is 40.2. The van der Waals surface area contributed by atoms with Gasteiger partial charge in [-0.25, -0.2) is 4.39 Å². The van der Waals surface area contributed by atoms with Crippen LogP contribution in [0, 0.1) is 5.82 Å². The van der Waals surface area contributed by atoms with E-state index in [0.29, 0.717) is 41.3 Å². The molecule has 0 radical (unpaired) electrons. The van der Waals surface area contributed by atoms with Crippen molar-refractivity contribution < 1.29 is 23.5 Å². The quantitative estimate of drug-likeness (QED) is 0.119. The van der Waals surface area contributed by atoms with Gasteiger partial charge in [-0.1, -0.05) is 49.4 Å². The minimum absolute atomic E-state index is 0.0316. The molecule has 4 aromatic carbocycles. The highest BCUT2D eigenvalue weighted by molar-refractivity contribution is 8.00. The molecule has 1 atom stereocenters. The lowest BCUT2D eigenvalue weighted by Crippen LogP contribution is -2.30. The van der Waals surface area contributed by atoms with E-state index in [1.165, 1.54) is 36.0 Å². The van der Waals surface area contributed by atoms with E-state index in [1.807, 2.05) is 32.0 Å². The van der Waals surface area contributed by atoms with Crippen molar-refractivity contribution in [2.45, 2.75) is 30.4 Å². The van der Waals surface area contributed by atoms with Gasteiger partial charge >= 0.3 is 0 Å². The lowest BCUT2D eigenvalue weighted by molar-refractivity contribution is -0.116. The van der Waals surface area contributed by atoms with Crippen LogP contribution in [0.15, 0.2) is 114 Å². The molecule has 0 aliphatic heterocycles. The SMILES string of the molecule is CCOc1ccccc1/C=C(/NC(=O)c1ccccc1)C(=O)Nc1cccc(SC(CC)C(=O)Nc2ccc(F)cc2)c1. The molecule has 0 aliphatic rings. The monoisotopic (exact) mass is 597 g/mol. The lowest BCUT2D eigenvalue weighted by Gasteiger charge is -2.16. The number of nitrogens with one attached hydrogen (secondary N) is 3. The summed E-state index contributed by atoms with van der Waals surface area (Å²) >= 11 is 1.35. The van der Waals surface area contributed by atoms with Gasteiger partial charge < -0.3 is 20.7 Å². The normalized spacial score (nSPS) is 11.7. The standard InChI is InChI=1S/C34H32FN3O4S/c1-3-31(34(41)36-26-19-17-25(35)18-20-26)43-28-15-10-14-27(22-28)37-33(40)29(38-32(39)23-11-6-5-7-12-23)21-24-13-8-9-16-30(24)42-4-2/h5-22,31H,3-4H2,1-2H3,(H,36,41)(H,37,40)(H,38,39)/b29-21+. The Labute approximate surface area is 254 Å². The number of amides is 3. The Bertz CT molecular complexity index is 1590. The zero-order chi connectivity index (χ0) is 30.6. The summed E-state index contributed by atoms with van der Waals surface area (Å²) in [5.41, 5.74) is 2.06. The second kappa shape index (κ2) is 15.4. The van der Waals surface area contributed by atoms with E-state index in [1.54, 1.807) is 66.7 Å². The van der Waals surface area contributed by atoms with Gasteiger partial charge in [-0.05, 0) is 80.1 Å². The van der Waals surface area contributed by atoms with Crippen molar-refractivity contribution in [1.29, 1.82) is 0 Å². The van der Waals surface area contributed by atoms with Crippen LogP contribution in [-0.4, -0.2) is 29.6 Å². The topological polar surface area (TPSA) is 96.5 Å². The van der Waals surface area contributed by atoms with E-state index in [9.17, 15) is 18.8 Å². The summed E-state index contributed by atoms with van der Waals surface area (Å²) < 4.78 is 18.9. The molecule has 4 rings (SSSR count). The van der Waals surface area contributed by atoms with Gasteiger partial charge in [-0.15, -0.1) is 11.8 Å². The molecule has 9 heteroatoms. The van der Waals surface area contributed by atoms with Crippen molar-refractivity contribution in [2.24, 2.45) is 0 Å². The summed E-state index contributed by atoms with van der Waals surface area (Å²) in [6.45, 7) is 4.21. The number of para-hydroxylation sites is 1. The van der Waals surface area contributed by atoms with Crippen LogP contribution in [0.25, 0.3) is 6.08 Å². The number of halogens is 1. The van der Waals surface area contributed by atoms with E-state index in [2.05, 4.69) is 16.0 Å². The Morgan fingerprint density at radius 2 is 1.56 bits per heavy atom. The Balaban J connectivity index is 1.53. The zero-order valence-corrected chi connectivity index (χ0v) is 24.6. The summed E-state index contributed by atoms with van der Waals surface area (Å²) in [6.07, 6.45) is 2.12. The van der Waals surface area contributed by atoms with Crippen LogP contribution in [0.1, 0.15) is 36.2 Å². The van der Waals surface area contributed by atoms with Gasteiger partial charge in [0.2, 0.25) is 5.91 Å². The number of ether oxygens (including phenoxy) is 1. The first-order valence-electron chi connectivity index (χ1n) is 13.8. The molecule has 0 aliphatic carbocycles. The third-order valence-corrected chi connectivity index (χ3v) is 7.55. The Kier molecular flexibility index (Phi) is 11.1. The van der Waals surface area contributed by atoms with E-state index in [-0.39, 0.29) is 17.4 Å². The van der Waals surface area contributed by atoms with Gasteiger partial charge in [-0.2, -0.15) is 0 Å². The maximum absolute atomic E-state index is 13.5. The summed E-state index contributed by atoms with van der Waals surface area (Å²) in [6, 6.07) is 28.6. The van der Waals surface area contributed by atoms with Crippen molar-refractivity contribution in [3.63, 3.8) is 0 Å². The number of hydrogen-bond donors (Lipinski definition) is 3. The molecule has 7 nitrogen and oxygen atoms in total. The van der Waals surface area contributed by atoms with Crippen molar-refractivity contribution in [2.75, 3.05) is 17.2 Å². The number of rotatable bonds is 12. The summed E-state index contributed by atoms with van der Waals surface area (Å²) in [7, 11) is 0. The fourth-order valence-electron chi connectivity index (χ4n) is 4.07. The highest BCUT2D eigenvalue weighted by Crippen LogP contribution is 2.29. The Morgan fingerprint density at radius 1 is 0.837 bits per heavy atom. The van der Waals surface area contributed by atoms with Crippen LogP contribution >= 0.6 is 11.8 Å². The van der Waals surface area contributed by atoms with Crippen molar-refractivity contribution in [3.8, 4) is 5.75 Å². The molecule has 0 heterocycles. The first-order valence-corrected chi connectivity index (χ1v) is 14.7. The molecule has 4 aromatic rings. The molecule has 220 valence electrons. The Morgan fingerprint density at radius 3 is 2.28 bits per heavy atom. The molecule has 0 spiro atoms. The lowest BCUT2D eigenvalue weighted by atomic mass is 10.1. The molecule has 0 bridgehead atoms. The fourth-order valence-corrected chi connectivity index (χ4v) is 5.09. The number of hydrogen-bond acceptors (Lipinski definition) is 5. The van der Waals surface area contributed by atoms with E-state index < -0.39 is 17.1 Å². The van der Waals surface area contributed by atoms with Crippen molar-refractivity contribution in [1.82, 2.24) is 5.32 Å². The van der Waals surface area contributed by atoms with E-state index in [0.717, 1.165) is 4.90 Å². The van der Waals surface area contributed by atoms with Crippen LogP contribution in [0.4, 0.5) is 15.8 Å². The van der Waals surface area contributed by atoms with Crippen molar-refractivity contribution in [3.05, 3.63) is 126 Å². The highest BCUT2D eigenvalue weighted by atomic mass is 32.2. The minimum Gasteiger partial charge on any atom is -0.493 e. The fraction of sp³-hybridized carbons (Fsp3) is 0.147. The molecular weight excluding hydrogens is 565 g/mol. The van der Waals surface area contributed by atoms with Crippen LogP contribution < -0.4 is 20.7 Å². The van der Waals surface area contributed by atoms with Gasteiger partial charge in [-0.3, -0.25) is 14.4 Å². The van der Waals surface area contributed by atoms with Gasteiger partial charge in [0.15, 0.2) is 0 Å². The molecule has 0 saturated carbocycles. The molecule has 0 saturated heterocycles.